The van der Waals surface area contributed by atoms with E-state index < -0.39 is 0 Å². The van der Waals surface area contributed by atoms with E-state index in [0.29, 0.717) is 17.1 Å². The van der Waals surface area contributed by atoms with E-state index in [9.17, 15) is 0 Å². The molecule has 1 aliphatic rings. The van der Waals surface area contributed by atoms with E-state index in [1.165, 1.54) is 0 Å². The third-order valence-electron chi connectivity index (χ3n) is 3.62. The van der Waals surface area contributed by atoms with Crippen LogP contribution in [0, 0.1) is 23.7 Å². The van der Waals surface area contributed by atoms with Crippen LogP contribution in [-0.4, -0.2) is 24.6 Å². The summed E-state index contributed by atoms with van der Waals surface area (Å²) in [5, 5.41) is 9.48. The van der Waals surface area contributed by atoms with Crippen LogP contribution in [0.15, 0.2) is 6.07 Å². The Morgan fingerprint density at radius 1 is 1.67 bits per heavy atom. The first-order valence-electron chi connectivity index (χ1n) is 6.01. The highest BCUT2D eigenvalue weighted by Crippen LogP contribution is 2.35. The molecule has 1 aromatic rings. The molecule has 1 atom stereocenters. The van der Waals surface area contributed by atoms with E-state index >= 15 is 0 Å². The van der Waals surface area contributed by atoms with E-state index in [2.05, 4.69) is 22.9 Å². The van der Waals surface area contributed by atoms with Crippen LogP contribution in [0.4, 0.5) is 5.82 Å². The standard InChI is InChI=1S/C13H17ClN4/c1-9-10(6-15)5-11(14)12(17-9)18-4-3-13(2,7-16)8-18/h5H,3-4,7-8,16H2,1-2H3. The lowest BCUT2D eigenvalue weighted by Crippen LogP contribution is -2.31. The molecule has 2 N–H and O–H groups in total. The number of rotatable bonds is 2. The van der Waals surface area contributed by atoms with Gasteiger partial charge in [-0.3, -0.25) is 0 Å². The molecule has 1 saturated heterocycles. The Labute approximate surface area is 112 Å². The molecule has 2 rings (SSSR count). The number of anilines is 1. The van der Waals surface area contributed by atoms with Crippen LogP contribution in [0.5, 0.6) is 0 Å². The molecular formula is C13H17ClN4. The summed E-state index contributed by atoms with van der Waals surface area (Å²) in [6.07, 6.45) is 1.04. The molecule has 4 nitrogen and oxygen atoms in total. The molecule has 2 heterocycles. The number of aryl methyl sites for hydroxylation is 1. The highest BCUT2D eigenvalue weighted by atomic mass is 35.5. The van der Waals surface area contributed by atoms with Gasteiger partial charge in [0.15, 0.2) is 0 Å². The molecule has 0 aliphatic carbocycles. The van der Waals surface area contributed by atoms with E-state index in [1.807, 2.05) is 6.92 Å². The Balaban J connectivity index is 2.31. The molecule has 18 heavy (non-hydrogen) atoms. The summed E-state index contributed by atoms with van der Waals surface area (Å²) in [6, 6.07) is 3.79. The van der Waals surface area contributed by atoms with Gasteiger partial charge < -0.3 is 10.6 Å². The third-order valence-corrected chi connectivity index (χ3v) is 3.90. The van der Waals surface area contributed by atoms with Crippen LogP contribution >= 0.6 is 11.6 Å². The van der Waals surface area contributed by atoms with Crippen molar-refractivity contribution in [2.24, 2.45) is 11.1 Å². The maximum Gasteiger partial charge on any atom is 0.147 e. The molecule has 0 saturated carbocycles. The molecule has 1 unspecified atom stereocenters. The van der Waals surface area contributed by atoms with E-state index in [1.54, 1.807) is 6.07 Å². The van der Waals surface area contributed by atoms with Crippen molar-refractivity contribution in [1.29, 1.82) is 5.26 Å². The first-order chi connectivity index (χ1) is 8.49. The molecular weight excluding hydrogens is 248 g/mol. The van der Waals surface area contributed by atoms with Gasteiger partial charge in [-0.05, 0) is 31.4 Å². The zero-order valence-electron chi connectivity index (χ0n) is 10.7. The highest BCUT2D eigenvalue weighted by molar-refractivity contribution is 6.33. The fourth-order valence-corrected chi connectivity index (χ4v) is 2.55. The van der Waals surface area contributed by atoms with Crippen molar-refractivity contribution < 1.29 is 0 Å². The average molecular weight is 265 g/mol. The monoisotopic (exact) mass is 264 g/mol. The van der Waals surface area contributed by atoms with Crippen molar-refractivity contribution in [1.82, 2.24) is 4.98 Å². The molecule has 0 aromatic carbocycles. The smallest absolute Gasteiger partial charge is 0.147 e. The van der Waals surface area contributed by atoms with E-state index in [-0.39, 0.29) is 5.41 Å². The Hall–Kier alpha value is -1.31. The number of halogens is 1. The van der Waals surface area contributed by atoms with Gasteiger partial charge in [-0.1, -0.05) is 18.5 Å². The summed E-state index contributed by atoms with van der Waals surface area (Å²) in [6.45, 7) is 6.44. The van der Waals surface area contributed by atoms with Gasteiger partial charge in [0.05, 0.1) is 16.3 Å². The van der Waals surface area contributed by atoms with Crippen LogP contribution in [0.25, 0.3) is 0 Å². The van der Waals surface area contributed by atoms with Crippen molar-refractivity contribution >= 4 is 17.4 Å². The van der Waals surface area contributed by atoms with Gasteiger partial charge in [0.1, 0.15) is 11.9 Å². The lowest BCUT2D eigenvalue weighted by molar-refractivity contribution is 0.383. The Morgan fingerprint density at radius 3 is 2.94 bits per heavy atom. The second kappa shape index (κ2) is 4.75. The Morgan fingerprint density at radius 2 is 2.39 bits per heavy atom. The van der Waals surface area contributed by atoms with E-state index in [4.69, 9.17) is 22.6 Å². The summed E-state index contributed by atoms with van der Waals surface area (Å²) in [5.41, 5.74) is 7.18. The number of pyridine rings is 1. The number of hydrogen-bond acceptors (Lipinski definition) is 4. The number of nitriles is 1. The van der Waals surface area contributed by atoms with Crippen molar-refractivity contribution in [2.75, 3.05) is 24.5 Å². The van der Waals surface area contributed by atoms with Crippen LogP contribution in [-0.2, 0) is 0 Å². The lowest BCUT2D eigenvalue weighted by Gasteiger charge is -2.24. The quantitative estimate of drug-likeness (QED) is 0.888. The van der Waals surface area contributed by atoms with Gasteiger partial charge in [-0.15, -0.1) is 0 Å². The van der Waals surface area contributed by atoms with Gasteiger partial charge in [-0.2, -0.15) is 5.26 Å². The number of aromatic nitrogens is 1. The van der Waals surface area contributed by atoms with Crippen molar-refractivity contribution in [3.05, 3.63) is 22.3 Å². The molecule has 0 radical (unpaired) electrons. The van der Waals surface area contributed by atoms with Gasteiger partial charge in [0.2, 0.25) is 0 Å². The van der Waals surface area contributed by atoms with Crippen molar-refractivity contribution in [3.8, 4) is 6.07 Å². The maximum atomic E-state index is 8.94. The minimum Gasteiger partial charge on any atom is -0.355 e. The molecule has 0 bridgehead atoms. The first kappa shape index (κ1) is 13.1. The summed E-state index contributed by atoms with van der Waals surface area (Å²) in [4.78, 5) is 6.61. The minimum atomic E-state index is 0.132. The normalized spacial score (nSPS) is 23.2. The van der Waals surface area contributed by atoms with Crippen LogP contribution in [0.3, 0.4) is 0 Å². The molecule has 1 fully saturated rings. The van der Waals surface area contributed by atoms with Crippen LogP contribution in [0.1, 0.15) is 24.6 Å². The molecule has 1 aromatic heterocycles. The second-order valence-electron chi connectivity index (χ2n) is 5.22. The molecule has 0 spiro atoms. The average Bonchev–Trinajstić information content (AvgIpc) is 2.75. The number of nitrogens with zero attached hydrogens (tertiary/aromatic N) is 3. The summed E-state index contributed by atoms with van der Waals surface area (Å²) in [5.74, 6) is 0.769. The fraction of sp³-hybridized carbons (Fsp3) is 0.538. The zero-order valence-corrected chi connectivity index (χ0v) is 11.5. The largest absolute Gasteiger partial charge is 0.355 e. The molecule has 0 amide bonds. The Bertz CT molecular complexity index is 508. The van der Waals surface area contributed by atoms with Gasteiger partial charge >= 0.3 is 0 Å². The Kier molecular flexibility index (Phi) is 3.47. The fourth-order valence-electron chi connectivity index (χ4n) is 2.27. The lowest BCUT2D eigenvalue weighted by atomic mass is 9.90. The van der Waals surface area contributed by atoms with Crippen LogP contribution in [0.2, 0.25) is 5.02 Å². The topological polar surface area (TPSA) is 65.9 Å². The van der Waals surface area contributed by atoms with Gasteiger partial charge in [0, 0.05) is 13.1 Å². The number of nitrogens with two attached hydrogens (primary N) is 1. The van der Waals surface area contributed by atoms with Crippen molar-refractivity contribution in [3.63, 3.8) is 0 Å². The van der Waals surface area contributed by atoms with Gasteiger partial charge in [0.25, 0.3) is 0 Å². The van der Waals surface area contributed by atoms with E-state index in [0.717, 1.165) is 31.0 Å². The second-order valence-corrected chi connectivity index (χ2v) is 5.63. The predicted octanol–water partition coefficient (Wildman–Crippen LogP) is 2.09. The van der Waals surface area contributed by atoms with Crippen molar-refractivity contribution in [2.45, 2.75) is 20.3 Å². The SMILES string of the molecule is Cc1nc(N2CCC(C)(CN)C2)c(Cl)cc1C#N. The van der Waals surface area contributed by atoms with Crippen LogP contribution < -0.4 is 10.6 Å². The highest BCUT2D eigenvalue weighted by Gasteiger charge is 2.34. The number of hydrogen-bond donors (Lipinski definition) is 1. The molecule has 5 heteroatoms. The zero-order chi connectivity index (χ0) is 13.3. The third kappa shape index (κ3) is 2.29. The minimum absolute atomic E-state index is 0.132. The first-order valence-corrected chi connectivity index (χ1v) is 6.39. The summed E-state index contributed by atoms with van der Waals surface area (Å²) in [7, 11) is 0. The summed E-state index contributed by atoms with van der Waals surface area (Å²) >= 11 is 6.21. The molecule has 96 valence electrons. The maximum absolute atomic E-state index is 8.94. The predicted molar refractivity (Wildman–Crippen MR) is 72.7 cm³/mol. The molecule has 1 aliphatic heterocycles. The summed E-state index contributed by atoms with van der Waals surface area (Å²) < 4.78 is 0. The van der Waals surface area contributed by atoms with Gasteiger partial charge in [-0.25, -0.2) is 4.98 Å².